The molecule has 0 radical (unpaired) electrons. The topological polar surface area (TPSA) is 84.9 Å². The SMILES string of the molecule is CCOC1CC(NC(=O)COc2c(C)cc(C)cc2C)(C(=O)O)C1(C)C. The number of carbonyl (C=O) groups is 2. The van der Waals surface area contributed by atoms with Gasteiger partial charge in [0.2, 0.25) is 0 Å². The minimum atomic E-state index is -1.34. The Labute approximate surface area is 154 Å². The van der Waals surface area contributed by atoms with Crippen LogP contribution in [0.5, 0.6) is 5.75 Å². The van der Waals surface area contributed by atoms with E-state index in [-0.39, 0.29) is 19.1 Å². The summed E-state index contributed by atoms with van der Waals surface area (Å²) in [6.45, 7) is 11.6. The third-order valence-electron chi connectivity index (χ3n) is 5.43. The van der Waals surface area contributed by atoms with Crippen LogP contribution in [0.1, 0.15) is 43.9 Å². The highest BCUT2D eigenvalue weighted by Gasteiger charge is 2.66. The minimum Gasteiger partial charge on any atom is -0.483 e. The van der Waals surface area contributed by atoms with Crippen LogP contribution in [-0.4, -0.2) is 41.8 Å². The molecule has 0 saturated heterocycles. The summed E-state index contributed by atoms with van der Waals surface area (Å²) in [5.41, 5.74) is 0.970. The van der Waals surface area contributed by atoms with E-state index in [4.69, 9.17) is 9.47 Å². The maximum absolute atomic E-state index is 12.4. The van der Waals surface area contributed by atoms with Gasteiger partial charge in [-0.2, -0.15) is 0 Å². The number of aliphatic carboxylic acids is 1. The van der Waals surface area contributed by atoms with Crippen molar-refractivity contribution in [2.24, 2.45) is 5.41 Å². The third-order valence-corrected chi connectivity index (χ3v) is 5.43. The first kappa shape index (κ1) is 20.2. The van der Waals surface area contributed by atoms with Gasteiger partial charge in [0, 0.05) is 18.4 Å². The number of rotatable bonds is 7. The van der Waals surface area contributed by atoms with Gasteiger partial charge in [-0.05, 0) is 38.8 Å². The number of nitrogens with one attached hydrogen (secondary N) is 1. The number of hydrogen-bond donors (Lipinski definition) is 2. The van der Waals surface area contributed by atoms with Crippen LogP contribution in [-0.2, 0) is 14.3 Å². The lowest BCUT2D eigenvalue weighted by Gasteiger charge is -2.58. The van der Waals surface area contributed by atoms with E-state index >= 15 is 0 Å². The predicted molar refractivity (Wildman–Crippen MR) is 98.5 cm³/mol. The Hall–Kier alpha value is -2.08. The normalized spacial score (nSPS) is 23.8. The van der Waals surface area contributed by atoms with E-state index < -0.39 is 22.8 Å². The van der Waals surface area contributed by atoms with Gasteiger partial charge >= 0.3 is 5.97 Å². The van der Waals surface area contributed by atoms with E-state index in [1.165, 1.54) is 0 Å². The van der Waals surface area contributed by atoms with Crippen LogP contribution in [0.25, 0.3) is 0 Å². The lowest BCUT2D eigenvalue weighted by atomic mass is 9.54. The number of hydrogen-bond acceptors (Lipinski definition) is 4. The van der Waals surface area contributed by atoms with Crippen molar-refractivity contribution in [1.82, 2.24) is 5.32 Å². The van der Waals surface area contributed by atoms with Gasteiger partial charge in [0.15, 0.2) is 6.61 Å². The van der Waals surface area contributed by atoms with Crippen molar-refractivity contribution < 1.29 is 24.2 Å². The molecule has 26 heavy (non-hydrogen) atoms. The molecule has 1 aliphatic rings. The van der Waals surface area contributed by atoms with Crippen molar-refractivity contribution in [2.45, 2.75) is 59.6 Å². The zero-order valence-electron chi connectivity index (χ0n) is 16.4. The number of amides is 1. The molecule has 1 aliphatic carbocycles. The summed E-state index contributed by atoms with van der Waals surface area (Å²) in [6.07, 6.45) is 0.0451. The summed E-state index contributed by atoms with van der Waals surface area (Å²) >= 11 is 0. The lowest BCUT2D eigenvalue weighted by Crippen LogP contribution is -2.76. The van der Waals surface area contributed by atoms with Crippen molar-refractivity contribution in [1.29, 1.82) is 0 Å². The van der Waals surface area contributed by atoms with Crippen molar-refractivity contribution in [3.05, 3.63) is 28.8 Å². The van der Waals surface area contributed by atoms with Crippen LogP contribution in [0.2, 0.25) is 0 Å². The second-order valence-electron chi connectivity index (χ2n) is 7.64. The molecule has 2 rings (SSSR count). The minimum absolute atomic E-state index is 0.202. The number of carbonyl (C=O) groups excluding carboxylic acids is 1. The summed E-state index contributed by atoms with van der Waals surface area (Å²) in [7, 11) is 0. The fourth-order valence-electron chi connectivity index (χ4n) is 3.84. The largest absolute Gasteiger partial charge is 0.483 e. The van der Waals surface area contributed by atoms with Gasteiger partial charge in [-0.25, -0.2) is 4.79 Å². The molecule has 2 unspecified atom stereocenters. The first-order chi connectivity index (χ1) is 12.0. The smallest absolute Gasteiger partial charge is 0.330 e. The molecule has 2 N–H and O–H groups in total. The van der Waals surface area contributed by atoms with E-state index in [1.807, 2.05) is 39.8 Å². The fraction of sp³-hybridized carbons (Fsp3) is 0.600. The van der Waals surface area contributed by atoms with Crippen LogP contribution >= 0.6 is 0 Å². The second-order valence-corrected chi connectivity index (χ2v) is 7.64. The Morgan fingerprint density at radius 1 is 1.23 bits per heavy atom. The Morgan fingerprint density at radius 3 is 2.27 bits per heavy atom. The van der Waals surface area contributed by atoms with Crippen molar-refractivity contribution >= 4 is 11.9 Å². The average molecular weight is 363 g/mol. The highest BCUT2D eigenvalue weighted by Crippen LogP contribution is 2.51. The quantitative estimate of drug-likeness (QED) is 0.778. The number of carboxylic acids is 1. The molecule has 1 fully saturated rings. The predicted octanol–water partition coefficient (Wildman–Crippen LogP) is 2.77. The molecule has 2 atom stereocenters. The zero-order chi connectivity index (χ0) is 19.7. The van der Waals surface area contributed by atoms with Gasteiger partial charge < -0.3 is 19.9 Å². The lowest BCUT2D eigenvalue weighted by molar-refractivity contribution is -0.194. The average Bonchev–Trinajstić information content (AvgIpc) is 2.52. The van der Waals surface area contributed by atoms with Gasteiger partial charge in [0.1, 0.15) is 11.3 Å². The Balaban J connectivity index is 2.08. The summed E-state index contributed by atoms with van der Waals surface area (Å²) in [5.74, 6) is -0.834. The maximum Gasteiger partial charge on any atom is 0.330 e. The van der Waals surface area contributed by atoms with E-state index in [0.717, 1.165) is 16.7 Å². The first-order valence-electron chi connectivity index (χ1n) is 8.91. The molecule has 0 heterocycles. The van der Waals surface area contributed by atoms with Gasteiger partial charge in [0.05, 0.1) is 6.10 Å². The molecule has 6 heteroatoms. The van der Waals surface area contributed by atoms with Crippen LogP contribution in [0, 0.1) is 26.2 Å². The summed E-state index contributed by atoms with van der Waals surface area (Å²) < 4.78 is 11.3. The van der Waals surface area contributed by atoms with E-state index in [0.29, 0.717) is 12.4 Å². The molecule has 1 aromatic carbocycles. The Kier molecular flexibility index (Phi) is 5.66. The molecule has 0 bridgehead atoms. The van der Waals surface area contributed by atoms with Crippen LogP contribution in [0.15, 0.2) is 12.1 Å². The summed E-state index contributed by atoms with van der Waals surface area (Å²) in [6, 6.07) is 3.97. The van der Waals surface area contributed by atoms with Crippen molar-refractivity contribution in [2.75, 3.05) is 13.2 Å². The molecular weight excluding hydrogens is 334 g/mol. The molecule has 1 saturated carbocycles. The van der Waals surface area contributed by atoms with Crippen LogP contribution in [0.4, 0.5) is 0 Å². The highest BCUT2D eigenvalue weighted by atomic mass is 16.5. The van der Waals surface area contributed by atoms with Gasteiger partial charge in [-0.1, -0.05) is 31.5 Å². The Morgan fingerprint density at radius 2 is 1.81 bits per heavy atom. The number of carboxylic acid groups (broad SMARTS) is 1. The highest BCUT2D eigenvalue weighted by molar-refractivity contribution is 5.90. The third kappa shape index (κ3) is 3.43. The van der Waals surface area contributed by atoms with Crippen molar-refractivity contribution in [3.63, 3.8) is 0 Å². The molecule has 0 aliphatic heterocycles. The molecule has 6 nitrogen and oxygen atoms in total. The van der Waals surface area contributed by atoms with Gasteiger partial charge in [-0.15, -0.1) is 0 Å². The first-order valence-corrected chi connectivity index (χ1v) is 8.91. The maximum atomic E-state index is 12.4. The molecule has 1 amide bonds. The van der Waals surface area contributed by atoms with Gasteiger partial charge in [-0.3, -0.25) is 4.79 Å². The molecule has 0 spiro atoms. The molecular formula is C20H29NO5. The number of benzene rings is 1. The van der Waals surface area contributed by atoms with Crippen molar-refractivity contribution in [3.8, 4) is 5.75 Å². The van der Waals surface area contributed by atoms with E-state index in [1.54, 1.807) is 13.8 Å². The summed E-state index contributed by atoms with van der Waals surface area (Å²) in [4.78, 5) is 24.3. The zero-order valence-corrected chi connectivity index (χ0v) is 16.4. The van der Waals surface area contributed by atoms with Crippen LogP contribution < -0.4 is 10.1 Å². The Bertz CT molecular complexity index is 689. The standard InChI is InChI=1S/C20H29NO5/c1-7-25-15-10-20(18(23)24,19(15,5)6)21-16(22)11-26-17-13(3)8-12(2)9-14(17)4/h8-9,15H,7,10-11H2,1-6H3,(H,21,22)(H,23,24). The van der Waals surface area contributed by atoms with E-state index in [2.05, 4.69) is 5.32 Å². The second kappa shape index (κ2) is 7.27. The fourth-order valence-corrected chi connectivity index (χ4v) is 3.84. The molecule has 144 valence electrons. The van der Waals surface area contributed by atoms with E-state index in [9.17, 15) is 14.7 Å². The van der Waals surface area contributed by atoms with Gasteiger partial charge in [0.25, 0.3) is 5.91 Å². The number of ether oxygens (including phenoxy) is 2. The number of aryl methyl sites for hydroxylation is 3. The summed E-state index contributed by atoms with van der Waals surface area (Å²) in [5, 5.41) is 12.4. The molecule has 0 aromatic heterocycles. The van der Waals surface area contributed by atoms with Crippen LogP contribution in [0.3, 0.4) is 0 Å². The monoisotopic (exact) mass is 363 g/mol. The molecule has 1 aromatic rings.